The van der Waals surface area contributed by atoms with Gasteiger partial charge in [0.05, 0.1) is 29.5 Å². The van der Waals surface area contributed by atoms with E-state index in [1.807, 2.05) is 6.92 Å². The maximum absolute atomic E-state index is 15.1. The molecular formula is C26H21F3N6O. The Balaban J connectivity index is 1.31. The van der Waals surface area contributed by atoms with Crippen LogP contribution < -0.4 is 10.6 Å². The van der Waals surface area contributed by atoms with Gasteiger partial charge in [0.1, 0.15) is 11.6 Å². The van der Waals surface area contributed by atoms with Crippen LogP contribution in [0.4, 0.5) is 24.7 Å². The molecule has 0 spiro atoms. The zero-order valence-electron chi connectivity index (χ0n) is 19.2. The molecule has 6 rings (SSSR count). The number of halogens is 3. The first kappa shape index (κ1) is 22.3. The van der Waals surface area contributed by atoms with Crippen LogP contribution in [-0.2, 0) is 0 Å². The maximum Gasteiger partial charge on any atom is 0.251 e. The number of nitrogens with one attached hydrogen (secondary N) is 2. The number of carbonyl (C=O) groups excluding carboxylic acids is 1. The molecule has 2 aromatic heterocycles. The first-order valence-electron chi connectivity index (χ1n) is 11.6. The van der Waals surface area contributed by atoms with Crippen molar-refractivity contribution in [2.75, 3.05) is 11.9 Å². The van der Waals surface area contributed by atoms with E-state index < -0.39 is 17.5 Å². The topological polar surface area (TPSA) is 84.7 Å². The van der Waals surface area contributed by atoms with E-state index in [1.54, 1.807) is 24.4 Å². The van der Waals surface area contributed by atoms with Crippen molar-refractivity contribution in [3.63, 3.8) is 0 Å². The van der Waals surface area contributed by atoms with Gasteiger partial charge in [-0.2, -0.15) is 0 Å². The Morgan fingerprint density at radius 3 is 2.67 bits per heavy atom. The standard InChI is InChI=1S/C26H21F3N6O/c1-13-9-31-26(36)16-5-4-15(6-17(13)16)33-25-21(29)10-30-24(34-25)18-7-20(28)23(8-19(18)27)35-11-22(32-12-35)14-2-3-14/h4-8,10-14H,2-3,9H2,1H3,(H,31,36)(H,30,33,34). The van der Waals surface area contributed by atoms with Crippen molar-refractivity contribution in [3.05, 3.63) is 83.3 Å². The smallest absolute Gasteiger partial charge is 0.251 e. The number of fused-ring (bicyclic) bond motifs is 1. The van der Waals surface area contributed by atoms with Crippen molar-refractivity contribution in [3.8, 4) is 17.1 Å². The molecule has 1 amide bonds. The normalized spacial score (nSPS) is 17.0. The first-order chi connectivity index (χ1) is 17.4. The average molecular weight is 490 g/mol. The minimum Gasteiger partial charge on any atom is -0.351 e. The van der Waals surface area contributed by atoms with Crippen LogP contribution in [0.5, 0.6) is 0 Å². The van der Waals surface area contributed by atoms with Crippen molar-refractivity contribution in [2.45, 2.75) is 31.6 Å². The van der Waals surface area contributed by atoms with Gasteiger partial charge in [-0.3, -0.25) is 4.79 Å². The molecule has 3 heterocycles. The third-order valence-electron chi connectivity index (χ3n) is 6.56. The number of rotatable bonds is 5. The average Bonchev–Trinajstić information content (AvgIpc) is 3.61. The van der Waals surface area contributed by atoms with E-state index >= 15 is 4.39 Å². The number of nitrogens with zero attached hydrogens (tertiary/aromatic N) is 4. The van der Waals surface area contributed by atoms with Crippen LogP contribution in [-0.4, -0.2) is 32.0 Å². The van der Waals surface area contributed by atoms with E-state index in [0.717, 1.165) is 42.4 Å². The van der Waals surface area contributed by atoms with Crippen LogP contribution in [0.2, 0.25) is 0 Å². The van der Waals surface area contributed by atoms with Crippen LogP contribution in [0.15, 0.2) is 49.1 Å². The quantitative estimate of drug-likeness (QED) is 0.401. The van der Waals surface area contributed by atoms with Crippen molar-refractivity contribution in [1.82, 2.24) is 24.8 Å². The third-order valence-corrected chi connectivity index (χ3v) is 6.56. The summed E-state index contributed by atoms with van der Waals surface area (Å²) in [7, 11) is 0. The molecule has 1 saturated carbocycles. The summed E-state index contributed by atoms with van der Waals surface area (Å²) in [5.74, 6) is -2.26. The maximum atomic E-state index is 15.1. The molecule has 2 aliphatic rings. The van der Waals surface area contributed by atoms with Crippen molar-refractivity contribution in [2.24, 2.45) is 0 Å². The number of aromatic nitrogens is 4. The van der Waals surface area contributed by atoms with Crippen LogP contribution in [0, 0.1) is 17.5 Å². The van der Waals surface area contributed by atoms with Gasteiger partial charge in [0.15, 0.2) is 17.5 Å². The molecule has 1 atom stereocenters. The second kappa shape index (κ2) is 8.47. The number of hydrogen-bond donors (Lipinski definition) is 2. The SMILES string of the molecule is CC1CNC(=O)c2ccc(Nc3nc(-c4cc(F)c(-n5cnc(C6CC6)c5)cc4F)ncc3F)cc21. The number of benzene rings is 2. The highest BCUT2D eigenvalue weighted by Gasteiger charge is 2.26. The Hall–Kier alpha value is -4.21. The predicted octanol–water partition coefficient (Wildman–Crippen LogP) is 5.21. The largest absolute Gasteiger partial charge is 0.351 e. The molecule has 2 N–H and O–H groups in total. The van der Waals surface area contributed by atoms with E-state index in [2.05, 4.69) is 25.6 Å². The van der Waals surface area contributed by atoms with E-state index in [4.69, 9.17) is 0 Å². The molecule has 182 valence electrons. The Kier molecular flexibility index (Phi) is 5.24. The third kappa shape index (κ3) is 3.98. The summed E-state index contributed by atoms with van der Waals surface area (Å²) in [4.78, 5) is 24.4. The highest BCUT2D eigenvalue weighted by Crippen LogP contribution is 2.39. The lowest BCUT2D eigenvalue weighted by molar-refractivity contribution is 0.0941. The molecular weight excluding hydrogens is 469 g/mol. The highest BCUT2D eigenvalue weighted by atomic mass is 19.1. The van der Waals surface area contributed by atoms with Gasteiger partial charge < -0.3 is 15.2 Å². The second-order valence-corrected chi connectivity index (χ2v) is 9.19. The van der Waals surface area contributed by atoms with Gasteiger partial charge in [-0.05, 0) is 48.6 Å². The first-order valence-corrected chi connectivity index (χ1v) is 11.6. The van der Waals surface area contributed by atoms with Gasteiger partial charge in [0, 0.05) is 36.0 Å². The fourth-order valence-corrected chi connectivity index (χ4v) is 4.39. The summed E-state index contributed by atoms with van der Waals surface area (Å²) in [5.41, 5.74) is 2.57. The lowest BCUT2D eigenvalue weighted by Crippen LogP contribution is -2.33. The summed E-state index contributed by atoms with van der Waals surface area (Å²) in [5, 5.41) is 5.69. The monoisotopic (exact) mass is 490 g/mol. The summed E-state index contributed by atoms with van der Waals surface area (Å²) in [6.07, 6.45) is 6.16. The van der Waals surface area contributed by atoms with Crippen LogP contribution in [0.3, 0.4) is 0 Å². The van der Waals surface area contributed by atoms with Gasteiger partial charge in [0.2, 0.25) is 0 Å². The fourth-order valence-electron chi connectivity index (χ4n) is 4.39. The van der Waals surface area contributed by atoms with Crippen LogP contribution in [0.1, 0.15) is 53.2 Å². The Morgan fingerprint density at radius 1 is 1.03 bits per heavy atom. The fraction of sp³-hybridized carbons (Fsp3) is 0.231. The van der Waals surface area contributed by atoms with E-state index in [1.165, 1.54) is 10.9 Å². The molecule has 10 heteroatoms. The van der Waals surface area contributed by atoms with E-state index in [9.17, 15) is 13.6 Å². The summed E-state index contributed by atoms with van der Waals surface area (Å²) >= 11 is 0. The molecule has 2 aromatic carbocycles. The van der Waals surface area contributed by atoms with Gasteiger partial charge in [-0.25, -0.2) is 28.1 Å². The minimum atomic E-state index is -0.759. The Morgan fingerprint density at radius 2 is 1.86 bits per heavy atom. The molecule has 1 unspecified atom stereocenters. The van der Waals surface area contributed by atoms with Crippen molar-refractivity contribution in [1.29, 1.82) is 0 Å². The van der Waals surface area contributed by atoms with Crippen molar-refractivity contribution < 1.29 is 18.0 Å². The molecule has 7 nitrogen and oxygen atoms in total. The Bertz CT molecular complexity index is 1510. The van der Waals surface area contributed by atoms with Crippen LogP contribution in [0.25, 0.3) is 17.1 Å². The number of carbonyl (C=O) groups is 1. The van der Waals surface area contributed by atoms with Crippen molar-refractivity contribution >= 4 is 17.4 Å². The lowest BCUT2D eigenvalue weighted by atomic mass is 9.91. The lowest BCUT2D eigenvalue weighted by Gasteiger charge is -2.23. The second-order valence-electron chi connectivity index (χ2n) is 9.19. The molecule has 4 aromatic rings. The summed E-state index contributed by atoms with van der Waals surface area (Å²) in [6.45, 7) is 2.48. The van der Waals surface area contributed by atoms with Gasteiger partial charge in [-0.15, -0.1) is 0 Å². The predicted molar refractivity (Wildman–Crippen MR) is 127 cm³/mol. The molecule has 0 saturated heterocycles. The molecule has 1 aliphatic carbocycles. The number of amides is 1. The molecule has 1 fully saturated rings. The highest BCUT2D eigenvalue weighted by molar-refractivity contribution is 5.97. The molecule has 1 aliphatic heterocycles. The molecule has 0 radical (unpaired) electrons. The summed E-state index contributed by atoms with van der Waals surface area (Å²) in [6, 6.07) is 7.10. The number of anilines is 2. The van der Waals surface area contributed by atoms with Gasteiger partial charge in [-0.1, -0.05) is 6.92 Å². The zero-order chi connectivity index (χ0) is 25.0. The molecule has 0 bridgehead atoms. The number of hydrogen-bond acceptors (Lipinski definition) is 5. The minimum absolute atomic E-state index is 0.0170. The Labute approximate surface area is 204 Å². The summed E-state index contributed by atoms with van der Waals surface area (Å²) < 4.78 is 46.1. The number of imidazole rings is 1. The zero-order valence-corrected chi connectivity index (χ0v) is 19.2. The van der Waals surface area contributed by atoms with E-state index in [0.29, 0.717) is 23.7 Å². The molecule has 36 heavy (non-hydrogen) atoms. The van der Waals surface area contributed by atoms with E-state index in [-0.39, 0.29) is 34.7 Å². The van der Waals surface area contributed by atoms with Gasteiger partial charge in [0.25, 0.3) is 5.91 Å². The van der Waals surface area contributed by atoms with Gasteiger partial charge >= 0.3 is 0 Å². The van der Waals surface area contributed by atoms with Crippen LogP contribution >= 0.6 is 0 Å².